The number of aliphatic hydroxyl groups excluding tert-OH is 1. The van der Waals surface area contributed by atoms with Crippen LogP contribution in [0.25, 0.3) is 0 Å². The highest BCUT2D eigenvalue weighted by Crippen LogP contribution is 2.28. The first-order chi connectivity index (χ1) is 8.20. The number of aromatic nitrogens is 2. The maximum absolute atomic E-state index is 12.4. The van der Waals surface area contributed by atoms with E-state index in [1.807, 2.05) is 34.6 Å². The molecule has 0 saturated heterocycles. The number of methoxy groups -OCH3 is 1. The van der Waals surface area contributed by atoms with Crippen molar-refractivity contribution < 1.29 is 14.6 Å². The Morgan fingerprint density at radius 2 is 2.00 bits per heavy atom. The van der Waals surface area contributed by atoms with Crippen LogP contribution in [-0.2, 0) is 0 Å². The molecule has 1 heterocycles. The minimum atomic E-state index is -1.08. The van der Waals surface area contributed by atoms with E-state index in [0.717, 1.165) is 0 Å². The van der Waals surface area contributed by atoms with Crippen molar-refractivity contribution in [2.45, 2.75) is 46.8 Å². The lowest BCUT2D eigenvalue weighted by molar-refractivity contribution is 0.0428. The summed E-state index contributed by atoms with van der Waals surface area (Å²) in [5, 5.41) is 14.2. The van der Waals surface area contributed by atoms with Gasteiger partial charge in [0.15, 0.2) is 5.75 Å². The summed E-state index contributed by atoms with van der Waals surface area (Å²) in [7, 11) is 1.49. The van der Waals surface area contributed by atoms with E-state index in [9.17, 15) is 9.90 Å². The van der Waals surface area contributed by atoms with Gasteiger partial charge in [-0.05, 0) is 19.3 Å². The fraction of sp³-hybridized carbons (Fsp3) is 0.692. The van der Waals surface area contributed by atoms with Crippen molar-refractivity contribution in [3.63, 3.8) is 0 Å². The number of hydrogen-bond donors (Lipinski definition) is 1. The van der Waals surface area contributed by atoms with Crippen LogP contribution in [0, 0.1) is 5.41 Å². The Morgan fingerprint density at radius 1 is 1.44 bits per heavy atom. The van der Waals surface area contributed by atoms with Gasteiger partial charge >= 0.3 is 0 Å². The van der Waals surface area contributed by atoms with E-state index in [1.54, 1.807) is 4.68 Å². The summed E-state index contributed by atoms with van der Waals surface area (Å²) in [5.74, 6) is 0.0440. The molecule has 5 nitrogen and oxygen atoms in total. The SMILES string of the molecule is COc1cnn(C(C)C)c1C(=O)C(O)C(C)(C)C. The number of ether oxygens (including phenoxy) is 1. The smallest absolute Gasteiger partial charge is 0.213 e. The van der Waals surface area contributed by atoms with Crippen LogP contribution in [-0.4, -0.2) is 33.9 Å². The van der Waals surface area contributed by atoms with Crippen LogP contribution in [0.2, 0.25) is 0 Å². The minimum absolute atomic E-state index is 0.0278. The average molecular weight is 254 g/mol. The van der Waals surface area contributed by atoms with E-state index in [4.69, 9.17) is 4.74 Å². The number of carbonyl (C=O) groups excluding carboxylic acids is 1. The molecule has 1 aromatic rings. The van der Waals surface area contributed by atoms with Gasteiger partial charge in [-0.2, -0.15) is 5.10 Å². The molecule has 1 aromatic heterocycles. The zero-order valence-corrected chi connectivity index (χ0v) is 11.9. The molecule has 1 atom stereocenters. The van der Waals surface area contributed by atoms with E-state index in [-0.39, 0.29) is 11.8 Å². The number of carbonyl (C=O) groups is 1. The van der Waals surface area contributed by atoms with Crippen molar-refractivity contribution in [3.8, 4) is 5.75 Å². The normalized spacial score (nSPS) is 13.8. The first kappa shape index (κ1) is 14.7. The molecule has 0 aromatic carbocycles. The molecule has 0 fully saturated rings. The van der Waals surface area contributed by atoms with E-state index in [0.29, 0.717) is 11.4 Å². The van der Waals surface area contributed by atoms with Gasteiger partial charge in [0.25, 0.3) is 0 Å². The van der Waals surface area contributed by atoms with E-state index < -0.39 is 11.5 Å². The number of aliphatic hydroxyl groups is 1. The van der Waals surface area contributed by atoms with Crippen molar-refractivity contribution in [2.24, 2.45) is 5.41 Å². The minimum Gasteiger partial charge on any atom is -0.493 e. The Balaban J connectivity index is 3.23. The number of Topliss-reactive ketones (excluding diaryl/α,β-unsaturated/α-hetero) is 1. The Kier molecular flexibility index (Phi) is 4.16. The summed E-state index contributed by atoms with van der Waals surface area (Å²) in [4.78, 5) is 12.4. The first-order valence-electron chi connectivity index (χ1n) is 6.04. The summed E-state index contributed by atoms with van der Waals surface area (Å²) in [5.41, 5.74) is -0.191. The van der Waals surface area contributed by atoms with Crippen LogP contribution in [0.15, 0.2) is 6.20 Å². The van der Waals surface area contributed by atoms with Gasteiger partial charge in [0.2, 0.25) is 5.78 Å². The highest BCUT2D eigenvalue weighted by atomic mass is 16.5. The third-order valence-electron chi connectivity index (χ3n) is 2.77. The molecule has 1 rings (SSSR count). The number of hydrogen-bond acceptors (Lipinski definition) is 4. The number of nitrogens with zero attached hydrogens (tertiary/aromatic N) is 2. The van der Waals surface area contributed by atoms with Crippen LogP contribution in [0.4, 0.5) is 0 Å². The fourth-order valence-electron chi connectivity index (χ4n) is 1.64. The molecule has 1 N–H and O–H groups in total. The second-order valence-electron chi connectivity index (χ2n) is 5.73. The predicted molar refractivity (Wildman–Crippen MR) is 69.0 cm³/mol. The molecule has 0 amide bonds. The van der Waals surface area contributed by atoms with Gasteiger partial charge in [0.05, 0.1) is 13.3 Å². The molecule has 5 heteroatoms. The van der Waals surface area contributed by atoms with Crippen LogP contribution in [0.5, 0.6) is 5.75 Å². The summed E-state index contributed by atoms with van der Waals surface area (Å²) < 4.78 is 6.72. The standard InChI is InChI=1S/C13H22N2O3/c1-8(2)15-10(9(18-6)7-14-15)11(16)12(17)13(3,4)5/h7-8,12,17H,1-6H3. The Hall–Kier alpha value is -1.36. The van der Waals surface area contributed by atoms with Crippen molar-refractivity contribution in [2.75, 3.05) is 7.11 Å². The summed E-state index contributed by atoms with van der Waals surface area (Å²) in [6.45, 7) is 9.30. The van der Waals surface area contributed by atoms with Gasteiger partial charge in [0.1, 0.15) is 11.8 Å². The molecule has 102 valence electrons. The fourth-order valence-corrected chi connectivity index (χ4v) is 1.64. The van der Waals surface area contributed by atoms with Gasteiger partial charge in [-0.1, -0.05) is 20.8 Å². The Bertz CT molecular complexity index is 430. The van der Waals surface area contributed by atoms with E-state index >= 15 is 0 Å². The second kappa shape index (κ2) is 5.10. The summed E-state index contributed by atoms with van der Waals surface area (Å²) in [6, 6.07) is 0.0278. The lowest BCUT2D eigenvalue weighted by Crippen LogP contribution is -2.35. The lowest BCUT2D eigenvalue weighted by atomic mass is 9.85. The van der Waals surface area contributed by atoms with Crippen molar-refractivity contribution in [3.05, 3.63) is 11.9 Å². The molecule has 1 unspecified atom stereocenters. The Morgan fingerprint density at radius 3 is 2.39 bits per heavy atom. The second-order valence-corrected chi connectivity index (χ2v) is 5.73. The van der Waals surface area contributed by atoms with Crippen LogP contribution in [0.1, 0.15) is 51.1 Å². The number of ketones is 1. The van der Waals surface area contributed by atoms with E-state index in [2.05, 4.69) is 5.10 Å². The molecule has 0 aliphatic heterocycles. The molecule has 0 radical (unpaired) electrons. The zero-order chi connectivity index (χ0) is 14.1. The third kappa shape index (κ3) is 2.72. The van der Waals surface area contributed by atoms with Crippen LogP contribution < -0.4 is 4.74 Å². The topological polar surface area (TPSA) is 64.4 Å². The van der Waals surface area contributed by atoms with Gasteiger partial charge < -0.3 is 9.84 Å². The molecular formula is C13H22N2O3. The number of rotatable bonds is 4. The average Bonchev–Trinajstić information content (AvgIpc) is 2.69. The predicted octanol–water partition coefficient (Wildman–Crippen LogP) is 2.06. The van der Waals surface area contributed by atoms with Gasteiger partial charge in [-0.25, -0.2) is 0 Å². The quantitative estimate of drug-likeness (QED) is 0.835. The Labute approximate surface area is 108 Å². The van der Waals surface area contributed by atoms with Crippen molar-refractivity contribution >= 4 is 5.78 Å². The maximum Gasteiger partial charge on any atom is 0.213 e. The molecule has 0 aliphatic rings. The molecule has 0 aliphatic carbocycles. The monoisotopic (exact) mass is 254 g/mol. The van der Waals surface area contributed by atoms with Crippen LogP contribution >= 0.6 is 0 Å². The maximum atomic E-state index is 12.4. The molecular weight excluding hydrogens is 232 g/mol. The highest BCUT2D eigenvalue weighted by Gasteiger charge is 2.34. The van der Waals surface area contributed by atoms with E-state index in [1.165, 1.54) is 13.3 Å². The van der Waals surface area contributed by atoms with Gasteiger partial charge in [-0.15, -0.1) is 0 Å². The lowest BCUT2D eigenvalue weighted by Gasteiger charge is -2.25. The zero-order valence-electron chi connectivity index (χ0n) is 11.9. The molecule has 0 bridgehead atoms. The largest absolute Gasteiger partial charge is 0.493 e. The third-order valence-corrected chi connectivity index (χ3v) is 2.77. The molecule has 18 heavy (non-hydrogen) atoms. The first-order valence-corrected chi connectivity index (χ1v) is 6.04. The molecule has 0 spiro atoms. The van der Waals surface area contributed by atoms with Gasteiger partial charge in [-0.3, -0.25) is 9.48 Å². The van der Waals surface area contributed by atoms with Gasteiger partial charge in [0, 0.05) is 6.04 Å². The van der Waals surface area contributed by atoms with Crippen molar-refractivity contribution in [1.82, 2.24) is 9.78 Å². The highest BCUT2D eigenvalue weighted by molar-refractivity contribution is 6.00. The summed E-state index contributed by atoms with van der Waals surface area (Å²) >= 11 is 0. The van der Waals surface area contributed by atoms with Crippen LogP contribution in [0.3, 0.4) is 0 Å². The van der Waals surface area contributed by atoms with Crippen molar-refractivity contribution in [1.29, 1.82) is 0 Å². The summed E-state index contributed by atoms with van der Waals surface area (Å²) in [6.07, 6.45) is 0.420. The molecule has 0 saturated carbocycles.